The zero-order valence-electron chi connectivity index (χ0n) is 10.00. The number of aromatic carboxylic acids is 1. The molecule has 0 spiro atoms. The lowest BCUT2D eigenvalue weighted by Crippen LogP contribution is -2.35. The predicted octanol–water partition coefficient (Wildman–Crippen LogP) is 0.167. The van der Waals surface area contributed by atoms with Gasteiger partial charge >= 0.3 is 5.97 Å². The molecule has 0 radical (unpaired) electrons. The van der Waals surface area contributed by atoms with E-state index >= 15 is 0 Å². The molecular formula is C12H14N2O4. The largest absolute Gasteiger partial charge is 0.478 e. The monoisotopic (exact) mass is 250 g/mol. The lowest BCUT2D eigenvalue weighted by atomic mass is 10.3. The SMILES string of the molecule is CN(C(=O)Cn1ccc(C(=O)O)cc1=O)C1CC1. The third-order valence-corrected chi connectivity index (χ3v) is 3.04. The number of carbonyl (C=O) groups excluding carboxylic acids is 1. The summed E-state index contributed by atoms with van der Waals surface area (Å²) in [5.74, 6) is -1.29. The van der Waals surface area contributed by atoms with E-state index in [1.165, 1.54) is 16.8 Å². The van der Waals surface area contributed by atoms with Crippen LogP contribution in [-0.4, -0.2) is 39.5 Å². The zero-order valence-corrected chi connectivity index (χ0v) is 10.00. The van der Waals surface area contributed by atoms with Crippen molar-refractivity contribution in [3.8, 4) is 0 Å². The summed E-state index contributed by atoms with van der Waals surface area (Å²) in [6.07, 6.45) is 3.36. The Morgan fingerprint density at radius 3 is 2.67 bits per heavy atom. The van der Waals surface area contributed by atoms with Crippen LogP contribution in [0.1, 0.15) is 23.2 Å². The number of hydrogen-bond donors (Lipinski definition) is 1. The highest BCUT2D eigenvalue weighted by molar-refractivity contribution is 5.87. The van der Waals surface area contributed by atoms with Gasteiger partial charge in [-0.3, -0.25) is 9.59 Å². The molecule has 1 N–H and O–H groups in total. The molecule has 0 aromatic carbocycles. The van der Waals surface area contributed by atoms with E-state index in [-0.39, 0.29) is 18.0 Å². The minimum Gasteiger partial charge on any atom is -0.478 e. The van der Waals surface area contributed by atoms with Gasteiger partial charge in [0.15, 0.2) is 0 Å². The summed E-state index contributed by atoms with van der Waals surface area (Å²) in [7, 11) is 1.72. The average molecular weight is 250 g/mol. The molecule has 1 amide bonds. The molecule has 96 valence electrons. The van der Waals surface area contributed by atoms with Gasteiger partial charge in [0.2, 0.25) is 5.91 Å². The molecule has 6 heteroatoms. The molecule has 18 heavy (non-hydrogen) atoms. The average Bonchev–Trinajstić information content (AvgIpc) is 3.14. The third-order valence-electron chi connectivity index (χ3n) is 3.04. The quantitative estimate of drug-likeness (QED) is 0.826. The summed E-state index contributed by atoms with van der Waals surface area (Å²) in [6, 6.07) is 2.63. The molecule has 1 aromatic rings. The van der Waals surface area contributed by atoms with Crippen LogP contribution in [0.5, 0.6) is 0 Å². The first-order chi connectivity index (χ1) is 8.49. The van der Waals surface area contributed by atoms with E-state index in [0.717, 1.165) is 18.9 Å². The van der Waals surface area contributed by atoms with Gasteiger partial charge < -0.3 is 14.6 Å². The summed E-state index contributed by atoms with van der Waals surface area (Å²) < 4.78 is 1.22. The van der Waals surface area contributed by atoms with E-state index in [2.05, 4.69) is 0 Å². The van der Waals surface area contributed by atoms with Crippen LogP contribution in [0.4, 0.5) is 0 Å². The fourth-order valence-corrected chi connectivity index (χ4v) is 1.69. The molecular weight excluding hydrogens is 236 g/mol. The van der Waals surface area contributed by atoms with Gasteiger partial charge in [-0.15, -0.1) is 0 Å². The maximum atomic E-state index is 11.8. The van der Waals surface area contributed by atoms with Crippen molar-refractivity contribution in [2.75, 3.05) is 7.05 Å². The third kappa shape index (κ3) is 2.58. The number of carbonyl (C=O) groups is 2. The molecule has 2 rings (SSSR count). The van der Waals surface area contributed by atoms with Crippen LogP contribution in [0.25, 0.3) is 0 Å². The van der Waals surface area contributed by atoms with Crippen LogP contribution in [-0.2, 0) is 11.3 Å². The number of pyridine rings is 1. The second-order valence-electron chi connectivity index (χ2n) is 4.42. The number of aromatic nitrogens is 1. The van der Waals surface area contributed by atoms with E-state index in [9.17, 15) is 14.4 Å². The smallest absolute Gasteiger partial charge is 0.335 e. The van der Waals surface area contributed by atoms with Gasteiger partial charge in [-0.1, -0.05) is 0 Å². The molecule has 0 atom stereocenters. The zero-order chi connectivity index (χ0) is 13.3. The minimum absolute atomic E-state index is 0.0499. The van der Waals surface area contributed by atoms with E-state index in [1.807, 2.05) is 0 Å². The summed E-state index contributed by atoms with van der Waals surface area (Å²) in [5.41, 5.74) is -0.549. The Balaban J connectivity index is 2.12. The Morgan fingerprint density at radius 2 is 2.17 bits per heavy atom. The van der Waals surface area contributed by atoms with Crippen molar-refractivity contribution in [2.24, 2.45) is 0 Å². The summed E-state index contributed by atoms with van der Waals surface area (Å²) in [6.45, 7) is -0.0499. The fraction of sp³-hybridized carbons (Fsp3) is 0.417. The molecule has 1 fully saturated rings. The Kier molecular flexibility index (Phi) is 3.18. The molecule has 0 bridgehead atoms. The van der Waals surface area contributed by atoms with Crippen molar-refractivity contribution in [3.63, 3.8) is 0 Å². The molecule has 0 aliphatic heterocycles. The standard InChI is InChI=1S/C12H14N2O4/c1-13(9-2-3-9)11(16)7-14-5-4-8(12(17)18)6-10(14)15/h4-6,9H,2-3,7H2,1H3,(H,17,18). The first-order valence-corrected chi connectivity index (χ1v) is 5.68. The molecule has 0 saturated heterocycles. The summed E-state index contributed by atoms with van der Waals surface area (Å²) in [4.78, 5) is 35.7. The second kappa shape index (κ2) is 4.64. The van der Waals surface area contributed by atoms with Crippen molar-refractivity contribution in [1.82, 2.24) is 9.47 Å². The van der Waals surface area contributed by atoms with Gasteiger partial charge in [0.1, 0.15) is 6.54 Å². The van der Waals surface area contributed by atoms with Crippen LogP contribution in [0.15, 0.2) is 23.1 Å². The molecule has 6 nitrogen and oxygen atoms in total. The maximum absolute atomic E-state index is 11.8. The predicted molar refractivity (Wildman–Crippen MR) is 63.5 cm³/mol. The number of carboxylic acid groups (broad SMARTS) is 1. The first-order valence-electron chi connectivity index (χ1n) is 5.68. The highest BCUT2D eigenvalue weighted by Gasteiger charge is 2.29. The summed E-state index contributed by atoms with van der Waals surface area (Å²) in [5, 5.41) is 8.73. The van der Waals surface area contributed by atoms with Crippen molar-refractivity contribution in [2.45, 2.75) is 25.4 Å². The number of amides is 1. The minimum atomic E-state index is -1.15. The second-order valence-corrected chi connectivity index (χ2v) is 4.42. The topological polar surface area (TPSA) is 79.6 Å². The van der Waals surface area contributed by atoms with Crippen molar-refractivity contribution < 1.29 is 14.7 Å². The van der Waals surface area contributed by atoms with Crippen molar-refractivity contribution >= 4 is 11.9 Å². The van der Waals surface area contributed by atoms with Crippen LogP contribution in [0.2, 0.25) is 0 Å². The lowest BCUT2D eigenvalue weighted by molar-refractivity contribution is -0.131. The molecule has 1 aliphatic carbocycles. The van der Waals surface area contributed by atoms with Crippen LogP contribution < -0.4 is 5.56 Å². The Hall–Kier alpha value is -2.11. The normalized spacial score (nSPS) is 14.3. The molecule has 1 saturated carbocycles. The van der Waals surface area contributed by atoms with Crippen LogP contribution in [0, 0.1) is 0 Å². The van der Waals surface area contributed by atoms with Crippen LogP contribution in [0.3, 0.4) is 0 Å². The van der Waals surface area contributed by atoms with Crippen molar-refractivity contribution in [3.05, 3.63) is 34.2 Å². The Labute approximate surface area is 103 Å². The van der Waals surface area contributed by atoms with Gasteiger partial charge in [0.05, 0.1) is 5.56 Å². The number of hydrogen-bond acceptors (Lipinski definition) is 3. The Morgan fingerprint density at radius 1 is 1.50 bits per heavy atom. The van der Waals surface area contributed by atoms with E-state index in [4.69, 9.17) is 5.11 Å². The van der Waals surface area contributed by atoms with Gasteiger partial charge in [-0.25, -0.2) is 4.79 Å². The van der Waals surface area contributed by atoms with Crippen molar-refractivity contribution in [1.29, 1.82) is 0 Å². The van der Waals surface area contributed by atoms with Crippen LogP contribution >= 0.6 is 0 Å². The molecule has 1 heterocycles. The molecule has 1 aromatic heterocycles. The number of nitrogens with zero attached hydrogens (tertiary/aromatic N) is 2. The van der Waals surface area contributed by atoms with Gasteiger partial charge in [0.25, 0.3) is 5.56 Å². The first kappa shape index (κ1) is 12.3. The lowest BCUT2D eigenvalue weighted by Gasteiger charge is -2.16. The number of carboxylic acids is 1. The van der Waals surface area contributed by atoms with E-state index in [0.29, 0.717) is 6.04 Å². The number of likely N-dealkylation sites (N-methyl/N-ethyl adjacent to an activating group) is 1. The maximum Gasteiger partial charge on any atom is 0.335 e. The van der Waals surface area contributed by atoms with E-state index in [1.54, 1.807) is 11.9 Å². The van der Waals surface area contributed by atoms with E-state index < -0.39 is 11.5 Å². The highest BCUT2D eigenvalue weighted by atomic mass is 16.4. The van der Waals surface area contributed by atoms with Gasteiger partial charge in [0, 0.05) is 25.4 Å². The molecule has 1 aliphatic rings. The molecule has 0 unspecified atom stereocenters. The fourth-order valence-electron chi connectivity index (χ4n) is 1.69. The summed E-state index contributed by atoms with van der Waals surface area (Å²) >= 11 is 0. The van der Waals surface area contributed by atoms with Gasteiger partial charge in [-0.05, 0) is 18.9 Å². The highest BCUT2D eigenvalue weighted by Crippen LogP contribution is 2.25. The van der Waals surface area contributed by atoms with Gasteiger partial charge in [-0.2, -0.15) is 0 Å². The number of rotatable bonds is 4. The Bertz CT molecular complexity index is 545.